The van der Waals surface area contributed by atoms with Crippen molar-refractivity contribution in [3.63, 3.8) is 0 Å². The predicted octanol–water partition coefficient (Wildman–Crippen LogP) is 0.852. The van der Waals surface area contributed by atoms with Crippen LogP contribution in [0.25, 0.3) is 0 Å². The maximum atomic E-state index is 11.6. The average Bonchev–Trinajstić information content (AvgIpc) is 2.38. The summed E-state index contributed by atoms with van der Waals surface area (Å²) in [6, 6.07) is 7.19. The average molecular weight is 252 g/mol. The summed E-state index contributed by atoms with van der Waals surface area (Å²) in [4.78, 5) is 11.6. The zero-order valence-electron chi connectivity index (χ0n) is 10.8. The molecule has 0 fully saturated rings. The van der Waals surface area contributed by atoms with Crippen molar-refractivity contribution < 1.29 is 14.6 Å². The predicted molar refractivity (Wildman–Crippen MR) is 70.7 cm³/mol. The number of anilines is 1. The molecule has 5 nitrogen and oxygen atoms in total. The van der Waals surface area contributed by atoms with E-state index in [-0.39, 0.29) is 25.0 Å². The van der Waals surface area contributed by atoms with Gasteiger partial charge in [-0.25, -0.2) is 0 Å². The van der Waals surface area contributed by atoms with E-state index in [2.05, 4.69) is 10.6 Å². The minimum atomic E-state index is -0.117. The maximum absolute atomic E-state index is 11.6. The van der Waals surface area contributed by atoms with Gasteiger partial charge in [0.15, 0.2) is 0 Å². The quantitative estimate of drug-likeness (QED) is 0.673. The van der Waals surface area contributed by atoms with E-state index in [9.17, 15) is 4.79 Å². The monoisotopic (exact) mass is 252 g/mol. The number of carbonyl (C=O) groups excluding carboxylic acids is 1. The van der Waals surface area contributed by atoms with E-state index in [1.54, 1.807) is 19.2 Å². The maximum Gasteiger partial charge on any atom is 0.238 e. The topological polar surface area (TPSA) is 70.6 Å². The number of aliphatic hydroxyl groups is 1. The molecule has 1 rings (SSSR count). The van der Waals surface area contributed by atoms with Gasteiger partial charge in [-0.15, -0.1) is 0 Å². The first-order valence-corrected chi connectivity index (χ1v) is 5.91. The number of ether oxygens (including phenoxy) is 1. The number of methoxy groups -OCH3 is 1. The minimum absolute atomic E-state index is 0.116. The van der Waals surface area contributed by atoms with Crippen LogP contribution >= 0.6 is 0 Å². The lowest BCUT2D eigenvalue weighted by molar-refractivity contribution is -0.115. The lowest BCUT2D eigenvalue weighted by atomic mass is 10.2. The van der Waals surface area contributed by atoms with Crippen molar-refractivity contribution in [3.05, 3.63) is 24.3 Å². The first-order chi connectivity index (χ1) is 8.65. The zero-order valence-corrected chi connectivity index (χ0v) is 10.8. The Bertz CT molecular complexity index is 382. The Morgan fingerprint density at radius 3 is 2.94 bits per heavy atom. The van der Waals surface area contributed by atoms with E-state index in [4.69, 9.17) is 9.84 Å². The molecule has 5 heteroatoms. The summed E-state index contributed by atoms with van der Waals surface area (Å²) in [6.07, 6.45) is 0. The minimum Gasteiger partial charge on any atom is -0.497 e. The highest BCUT2D eigenvalue weighted by atomic mass is 16.5. The van der Waals surface area contributed by atoms with Gasteiger partial charge in [-0.3, -0.25) is 4.79 Å². The second-order valence-electron chi connectivity index (χ2n) is 4.20. The van der Waals surface area contributed by atoms with Crippen LogP contribution in [0.1, 0.15) is 6.92 Å². The summed E-state index contributed by atoms with van der Waals surface area (Å²) in [5, 5.41) is 14.6. The number of nitrogens with one attached hydrogen (secondary N) is 2. The van der Waals surface area contributed by atoms with Crippen LogP contribution in [0.2, 0.25) is 0 Å². The molecule has 0 aliphatic heterocycles. The Morgan fingerprint density at radius 1 is 1.50 bits per heavy atom. The SMILES string of the molecule is COc1cccc(NC(=O)CNCC(C)CO)c1. The highest BCUT2D eigenvalue weighted by Crippen LogP contribution is 2.16. The molecule has 1 amide bonds. The number of carbonyl (C=O) groups is 1. The molecule has 1 unspecified atom stereocenters. The zero-order chi connectivity index (χ0) is 13.4. The molecule has 18 heavy (non-hydrogen) atoms. The van der Waals surface area contributed by atoms with Gasteiger partial charge in [-0.2, -0.15) is 0 Å². The molecule has 0 aliphatic rings. The van der Waals surface area contributed by atoms with Crippen molar-refractivity contribution in [3.8, 4) is 5.75 Å². The van der Waals surface area contributed by atoms with Crippen LogP contribution in [0, 0.1) is 5.92 Å². The van der Waals surface area contributed by atoms with E-state index in [0.29, 0.717) is 18.0 Å². The van der Waals surface area contributed by atoms with Gasteiger partial charge < -0.3 is 20.5 Å². The van der Waals surface area contributed by atoms with Crippen LogP contribution in [-0.2, 0) is 4.79 Å². The molecule has 1 aromatic carbocycles. The van der Waals surface area contributed by atoms with E-state index in [1.807, 2.05) is 19.1 Å². The molecule has 0 bridgehead atoms. The van der Waals surface area contributed by atoms with E-state index >= 15 is 0 Å². The Hall–Kier alpha value is -1.59. The fourth-order valence-electron chi connectivity index (χ4n) is 1.40. The molecule has 0 aliphatic carbocycles. The highest BCUT2D eigenvalue weighted by molar-refractivity contribution is 5.92. The number of hydrogen-bond acceptors (Lipinski definition) is 4. The lowest BCUT2D eigenvalue weighted by Gasteiger charge is -2.10. The van der Waals surface area contributed by atoms with Crippen LogP contribution in [0.3, 0.4) is 0 Å². The molecule has 1 aromatic rings. The Kier molecular flexibility index (Phi) is 6.18. The van der Waals surface area contributed by atoms with Gasteiger partial charge >= 0.3 is 0 Å². The summed E-state index contributed by atoms with van der Waals surface area (Å²) < 4.78 is 5.07. The molecule has 0 saturated heterocycles. The van der Waals surface area contributed by atoms with Crippen molar-refractivity contribution >= 4 is 11.6 Å². The summed E-state index contributed by atoms with van der Waals surface area (Å²) in [5.74, 6) is 0.734. The molecule has 0 spiro atoms. The van der Waals surface area contributed by atoms with Crippen LogP contribution in [0.4, 0.5) is 5.69 Å². The first kappa shape index (κ1) is 14.5. The van der Waals surface area contributed by atoms with Crippen LogP contribution in [0.15, 0.2) is 24.3 Å². The number of benzene rings is 1. The van der Waals surface area contributed by atoms with Gasteiger partial charge in [0.25, 0.3) is 0 Å². The molecule has 0 radical (unpaired) electrons. The van der Waals surface area contributed by atoms with Gasteiger partial charge in [0.05, 0.1) is 13.7 Å². The molecular weight excluding hydrogens is 232 g/mol. The number of hydrogen-bond donors (Lipinski definition) is 3. The third-order valence-corrected chi connectivity index (χ3v) is 2.44. The largest absolute Gasteiger partial charge is 0.497 e. The van der Waals surface area contributed by atoms with Gasteiger partial charge in [0, 0.05) is 24.9 Å². The fraction of sp³-hybridized carbons (Fsp3) is 0.462. The number of amides is 1. The van der Waals surface area contributed by atoms with E-state index in [1.165, 1.54) is 0 Å². The van der Waals surface area contributed by atoms with Crippen LogP contribution in [0.5, 0.6) is 5.75 Å². The second kappa shape index (κ2) is 7.68. The molecule has 0 aromatic heterocycles. The summed E-state index contributed by atoms with van der Waals surface area (Å²) in [6.45, 7) is 2.86. The van der Waals surface area contributed by atoms with Gasteiger partial charge in [-0.05, 0) is 18.1 Å². The molecular formula is C13H20N2O3. The first-order valence-electron chi connectivity index (χ1n) is 5.91. The van der Waals surface area contributed by atoms with Crippen molar-refractivity contribution in [2.24, 2.45) is 5.92 Å². The molecule has 0 saturated carbocycles. The summed E-state index contributed by atoms with van der Waals surface area (Å²) in [7, 11) is 1.58. The normalized spacial score (nSPS) is 11.9. The molecule has 100 valence electrons. The smallest absolute Gasteiger partial charge is 0.238 e. The molecule has 1 atom stereocenters. The van der Waals surface area contributed by atoms with Crippen molar-refractivity contribution in [1.82, 2.24) is 5.32 Å². The van der Waals surface area contributed by atoms with Crippen molar-refractivity contribution in [2.75, 3.05) is 32.1 Å². The Morgan fingerprint density at radius 2 is 2.28 bits per heavy atom. The van der Waals surface area contributed by atoms with E-state index < -0.39 is 0 Å². The van der Waals surface area contributed by atoms with Gasteiger partial charge in [0.2, 0.25) is 5.91 Å². The van der Waals surface area contributed by atoms with Gasteiger partial charge in [-0.1, -0.05) is 13.0 Å². The van der Waals surface area contributed by atoms with Crippen molar-refractivity contribution in [2.45, 2.75) is 6.92 Å². The standard InChI is InChI=1S/C13H20N2O3/c1-10(9-16)7-14-8-13(17)15-11-4-3-5-12(6-11)18-2/h3-6,10,14,16H,7-9H2,1-2H3,(H,15,17). The van der Waals surface area contributed by atoms with Crippen LogP contribution in [-0.4, -0.2) is 37.8 Å². The Labute approximate surface area is 107 Å². The molecule has 0 heterocycles. The van der Waals surface area contributed by atoms with Crippen molar-refractivity contribution in [1.29, 1.82) is 0 Å². The number of aliphatic hydroxyl groups excluding tert-OH is 1. The Balaban J connectivity index is 2.35. The third kappa shape index (κ3) is 5.16. The van der Waals surface area contributed by atoms with Crippen LogP contribution < -0.4 is 15.4 Å². The van der Waals surface area contributed by atoms with Gasteiger partial charge in [0.1, 0.15) is 5.75 Å². The lowest BCUT2D eigenvalue weighted by Crippen LogP contribution is -2.31. The summed E-state index contributed by atoms with van der Waals surface area (Å²) >= 11 is 0. The fourth-order valence-corrected chi connectivity index (χ4v) is 1.40. The third-order valence-electron chi connectivity index (χ3n) is 2.44. The second-order valence-corrected chi connectivity index (χ2v) is 4.20. The molecule has 3 N–H and O–H groups in total. The van der Waals surface area contributed by atoms with E-state index in [0.717, 1.165) is 0 Å². The summed E-state index contributed by atoms with van der Waals surface area (Å²) in [5.41, 5.74) is 0.705. The number of rotatable bonds is 7. The highest BCUT2D eigenvalue weighted by Gasteiger charge is 2.04.